The molecule has 1 saturated carbocycles. The van der Waals surface area contributed by atoms with Gasteiger partial charge in [0.05, 0.1) is 0 Å². The number of carbonyl (C=O) groups is 1. The Hall–Kier alpha value is -0.570. The third kappa shape index (κ3) is 2.57. The molecule has 0 aromatic heterocycles. The van der Waals surface area contributed by atoms with Crippen LogP contribution in [0.15, 0.2) is 0 Å². The van der Waals surface area contributed by atoms with Gasteiger partial charge >= 0.3 is 5.97 Å². The Morgan fingerprint density at radius 1 is 1.25 bits per heavy atom. The summed E-state index contributed by atoms with van der Waals surface area (Å²) in [5.74, 6) is 1.04. The summed E-state index contributed by atoms with van der Waals surface area (Å²) < 4.78 is 5.57. The summed E-state index contributed by atoms with van der Waals surface area (Å²) in [6.07, 6.45) is 5.26. The van der Waals surface area contributed by atoms with Crippen molar-refractivity contribution in [1.82, 2.24) is 4.90 Å². The van der Waals surface area contributed by atoms with E-state index in [-0.39, 0.29) is 12.1 Å². The summed E-state index contributed by atoms with van der Waals surface area (Å²) in [5, 5.41) is 0. The lowest BCUT2D eigenvalue weighted by atomic mass is 9.84. The maximum atomic E-state index is 11.2. The maximum Gasteiger partial charge on any atom is 0.302 e. The molecule has 3 nitrogen and oxygen atoms in total. The van der Waals surface area contributed by atoms with Gasteiger partial charge in [0.2, 0.25) is 0 Å². The third-order valence-electron chi connectivity index (χ3n) is 4.06. The quantitative estimate of drug-likeness (QED) is 0.674. The second-order valence-corrected chi connectivity index (χ2v) is 5.23. The number of esters is 1. The molecular formula is C13H23NO2. The molecule has 0 amide bonds. The Morgan fingerprint density at radius 3 is 2.25 bits per heavy atom. The van der Waals surface area contributed by atoms with Gasteiger partial charge < -0.3 is 9.64 Å². The fourth-order valence-electron chi connectivity index (χ4n) is 3.30. The average molecular weight is 225 g/mol. The fourth-order valence-corrected chi connectivity index (χ4v) is 3.30. The Labute approximate surface area is 98.1 Å². The van der Waals surface area contributed by atoms with Crippen molar-refractivity contribution in [3.63, 3.8) is 0 Å². The highest BCUT2D eigenvalue weighted by Gasteiger charge is 2.39. The topological polar surface area (TPSA) is 29.5 Å². The zero-order valence-corrected chi connectivity index (χ0v) is 10.4. The smallest absolute Gasteiger partial charge is 0.302 e. The van der Waals surface area contributed by atoms with Gasteiger partial charge in [-0.1, -0.05) is 19.8 Å². The first-order chi connectivity index (χ1) is 7.70. The molecule has 1 aliphatic carbocycles. The van der Waals surface area contributed by atoms with Crippen LogP contribution in [0.4, 0.5) is 0 Å². The Bertz CT molecular complexity index is 238. The molecule has 2 atom stereocenters. The van der Waals surface area contributed by atoms with Gasteiger partial charge in [0.25, 0.3) is 0 Å². The van der Waals surface area contributed by atoms with E-state index in [1.54, 1.807) is 0 Å². The van der Waals surface area contributed by atoms with Crippen molar-refractivity contribution in [2.75, 3.05) is 19.6 Å². The maximum absolute atomic E-state index is 11.2. The van der Waals surface area contributed by atoms with Crippen molar-refractivity contribution < 1.29 is 9.53 Å². The minimum absolute atomic E-state index is 0.105. The monoisotopic (exact) mass is 225 g/mol. The number of nitrogens with zero attached hydrogens (tertiary/aromatic N) is 1. The first kappa shape index (κ1) is 11.9. The van der Waals surface area contributed by atoms with E-state index < -0.39 is 0 Å². The number of likely N-dealkylation sites (tertiary alicyclic amines) is 1. The normalized spacial score (nSPS) is 35.5. The van der Waals surface area contributed by atoms with Crippen LogP contribution in [0, 0.1) is 11.8 Å². The molecule has 2 fully saturated rings. The number of hydrogen-bond acceptors (Lipinski definition) is 3. The van der Waals surface area contributed by atoms with Crippen molar-refractivity contribution in [2.45, 2.75) is 45.6 Å². The van der Waals surface area contributed by atoms with Gasteiger partial charge in [0, 0.05) is 31.8 Å². The van der Waals surface area contributed by atoms with Crippen molar-refractivity contribution >= 4 is 5.97 Å². The van der Waals surface area contributed by atoms with Crippen LogP contribution < -0.4 is 0 Å². The number of ether oxygens (including phenoxy) is 1. The molecular weight excluding hydrogens is 202 g/mol. The van der Waals surface area contributed by atoms with E-state index >= 15 is 0 Å². The van der Waals surface area contributed by atoms with Crippen molar-refractivity contribution in [3.8, 4) is 0 Å². The second-order valence-electron chi connectivity index (χ2n) is 5.23. The highest BCUT2D eigenvalue weighted by molar-refractivity contribution is 5.66. The molecule has 16 heavy (non-hydrogen) atoms. The molecule has 2 aliphatic rings. The minimum atomic E-state index is -0.105. The van der Waals surface area contributed by atoms with Gasteiger partial charge in [-0.3, -0.25) is 4.79 Å². The Balaban J connectivity index is 2.08. The van der Waals surface area contributed by atoms with Gasteiger partial charge in [-0.25, -0.2) is 0 Å². The van der Waals surface area contributed by atoms with Crippen LogP contribution in [0.2, 0.25) is 0 Å². The lowest BCUT2D eigenvalue weighted by Gasteiger charge is -2.41. The van der Waals surface area contributed by atoms with Gasteiger partial charge in [-0.15, -0.1) is 0 Å². The summed E-state index contributed by atoms with van der Waals surface area (Å²) in [7, 11) is 0. The van der Waals surface area contributed by atoms with E-state index in [0.717, 1.165) is 19.6 Å². The molecule has 2 rings (SSSR count). The van der Waals surface area contributed by atoms with E-state index in [1.165, 1.54) is 32.6 Å². The van der Waals surface area contributed by atoms with Crippen LogP contribution in [-0.4, -0.2) is 36.6 Å². The number of carbonyl (C=O) groups excluding carboxylic acids is 1. The summed E-state index contributed by atoms with van der Waals surface area (Å²) in [5.41, 5.74) is 0. The SMILES string of the molecule is CCN1CC2CCCCC(C1)C2OC(C)=O. The van der Waals surface area contributed by atoms with Crippen molar-refractivity contribution in [1.29, 1.82) is 0 Å². The van der Waals surface area contributed by atoms with Crippen LogP contribution in [0.1, 0.15) is 39.5 Å². The van der Waals surface area contributed by atoms with Crippen LogP contribution in [0.5, 0.6) is 0 Å². The average Bonchev–Trinajstić information content (AvgIpc) is 2.36. The molecule has 1 saturated heterocycles. The zero-order valence-electron chi connectivity index (χ0n) is 10.4. The molecule has 2 unspecified atom stereocenters. The summed E-state index contributed by atoms with van der Waals surface area (Å²) in [4.78, 5) is 13.7. The van der Waals surface area contributed by atoms with Crippen LogP contribution in [0.25, 0.3) is 0 Å². The highest BCUT2D eigenvalue weighted by atomic mass is 16.5. The molecule has 1 aliphatic heterocycles. The first-order valence-corrected chi connectivity index (χ1v) is 6.60. The number of rotatable bonds is 2. The summed E-state index contributed by atoms with van der Waals surface area (Å²) in [6, 6.07) is 0. The lowest BCUT2D eigenvalue weighted by Crippen LogP contribution is -2.49. The highest BCUT2D eigenvalue weighted by Crippen LogP contribution is 2.35. The zero-order chi connectivity index (χ0) is 11.5. The predicted molar refractivity (Wildman–Crippen MR) is 63.1 cm³/mol. The van der Waals surface area contributed by atoms with E-state index in [1.807, 2.05) is 0 Å². The molecule has 1 heterocycles. The third-order valence-corrected chi connectivity index (χ3v) is 4.06. The first-order valence-electron chi connectivity index (χ1n) is 6.60. The van der Waals surface area contributed by atoms with Gasteiger partial charge in [0.1, 0.15) is 6.10 Å². The van der Waals surface area contributed by atoms with Gasteiger partial charge in [-0.2, -0.15) is 0 Å². The summed E-state index contributed by atoms with van der Waals surface area (Å²) >= 11 is 0. The molecule has 0 aromatic carbocycles. The lowest BCUT2D eigenvalue weighted by molar-refractivity contribution is -0.156. The van der Waals surface area contributed by atoms with Gasteiger partial charge in [0.15, 0.2) is 0 Å². The predicted octanol–water partition coefficient (Wildman–Crippen LogP) is 2.06. The fraction of sp³-hybridized carbons (Fsp3) is 0.923. The Morgan fingerprint density at radius 2 is 1.81 bits per heavy atom. The van der Waals surface area contributed by atoms with Crippen LogP contribution in [0.3, 0.4) is 0 Å². The second kappa shape index (κ2) is 5.17. The number of fused-ring (bicyclic) bond motifs is 2. The number of hydrogen-bond donors (Lipinski definition) is 0. The summed E-state index contributed by atoms with van der Waals surface area (Å²) in [6.45, 7) is 7.12. The van der Waals surface area contributed by atoms with Crippen LogP contribution >= 0.6 is 0 Å². The minimum Gasteiger partial charge on any atom is -0.462 e. The molecule has 0 radical (unpaired) electrons. The van der Waals surface area contributed by atoms with E-state index in [4.69, 9.17) is 4.74 Å². The Kier molecular flexibility index (Phi) is 3.85. The molecule has 2 bridgehead atoms. The van der Waals surface area contributed by atoms with Crippen molar-refractivity contribution in [3.05, 3.63) is 0 Å². The molecule has 0 N–H and O–H groups in total. The van der Waals surface area contributed by atoms with Gasteiger partial charge in [-0.05, 0) is 19.4 Å². The van der Waals surface area contributed by atoms with E-state index in [9.17, 15) is 4.79 Å². The molecule has 0 spiro atoms. The van der Waals surface area contributed by atoms with Crippen LogP contribution in [-0.2, 0) is 9.53 Å². The van der Waals surface area contributed by atoms with E-state index in [2.05, 4.69) is 11.8 Å². The molecule has 3 heteroatoms. The number of piperidine rings is 1. The largest absolute Gasteiger partial charge is 0.462 e. The molecule has 92 valence electrons. The molecule has 0 aromatic rings. The van der Waals surface area contributed by atoms with Crippen molar-refractivity contribution in [2.24, 2.45) is 11.8 Å². The standard InChI is InChI=1S/C13H23NO2/c1-3-14-8-11-6-4-5-7-12(9-14)13(11)16-10(2)15/h11-13H,3-9H2,1-2H3. The van der Waals surface area contributed by atoms with E-state index in [0.29, 0.717) is 11.8 Å².